The molecule has 1 saturated heterocycles. The number of anilines is 1. The van der Waals surface area contributed by atoms with Crippen molar-refractivity contribution in [1.82, 2.24) is 9.97 Å². The van der Waals surface area contributed by atoms with Crippen LogP contribution < -0.4 is 4.90 Å². The van der Waals surface area contributed by atoms with E-state index in [1.807, 2.05) is 19.3 Å². The van der Waals surface area contributed by atoms with Gasteiger partial charge in [0.15, 0.2) is 0 Å². The van der Waals surface area contributed by atoms with Gasteiger partial charge < -0.3 is 4.90 Å². The Bertz CT molecular complexity index is 326. The Morgan fingerprint density at radius 2 is 2.06 bits per heavy atom. The Balaban J connectivity index is 2.18. The molecule has 88 valence electrons. The normalized spacial score (nSPS) is 21.9. The molecule has 1 unspecified atom stereocenters. The summed E-state index contributed by atoms with van der Waals surface area (Å²) in [5.41, 5.74) is 1.12. The van der Waals surface area contributed by atoms with Crippen molar-refractivity contribution in [3.05, 3.63) is 18.0 Å². The zero-order valence-corrected chi connectivity index (χ0v) is 11.3. The van der Waals surface area contributed by atoms with Gasteiger partial charge in [0.25, 0.3) is 0 Å². The van der Waals surface area contributed by atoms with Gasteiger partial charge in [-0.3, -0.25) is 0 Å². The van der Waals surface area contributed by atoms with Crippen LogP contribution in [0.5, 0.6) is 0 Å². The number of nitrogens with zero attached hydrogens (tertiary/aromatic N) is 3. The van der Waals surface area contributed by atoms with E-state index in [0.717, 1.165) is 23.4 Å². The lowest BCUT2D eigenvalue weighted by Crippen LogP contribution is -2.37. The van der Waals surface area contributed by atoms with Gasteiger partial charge in [0.2, 0.25) is 5.95 Å². The third-order valence-corrected chi connectivity index (χ3v) is 3.83. The monoisotopic (exact) mass is 283 g/mol. The van der Waals surface area contributed by atoms with Gasteiger partial charge in [0.1, 0.15) is 0 Å². The van der Waals surface area contributed by atoms with Crippen molar-refractivity contribution in [1.29, 1.82) is 0 Å². The molecule has 4 heteroatoms. The minimum absolute atomic E-state index is 0.546. The Morgan fingerprint density at radius 1 is 1.31 bits per heavy atom. The van der Waals surface area contributed by atoms with E-state index in [1.165, 1.54) is 25.7 Å². The fourth-order valence-corrected chi connectivity index (χ4v) is 2.81. The summed E-state index contributed by atoms with van der Waals surface area (Å²) in [6, 6.07) is 0.546. The average Bonchev–Trinajstić information content (AvgIpc) is 2.55. The van der Waals surface area contributed by atoms with Crippen LogP contribution in [0.4, 0.5) is 5.95 Å². The van der Waals surface area contributed by atoms with E-state index >= 15 is 0 Å². The fraction of sp³-hybridized carbons (Fsp3) is 0.667. The Hall–Kier alpha value is -0.640. The topological polar surface area (TPSA) is 29.0 Å². The molecule has 1 atom stereocenters. The number of halogens is 1. The van der Waals surface area contributed by atoms with E-state index in [2.05, 4.69) is 30.8 Å². The van der Waals surface area contributed by atoms with Gasteiger partial charge in [0, 0.05) is 30.3 Å². The molecular formula is C12H18BrN3. The first-order chi connectivity index (χ1) is 7.81. The van der Waals surface area contributed by atoms with Crippen molar-refractivity contribution in [2.24, 2.45) is 0 Å². The van der Waals surface area contributed by atoms with Crippen molar-refractivity contribution in [3.8, 4) is 0 Å². The van der Waals surface area contributed by atoms with Crippen LogP contribution in [-0.2, 0) is 0 Å². The molecule has 1 aromatic rings. The van der Waals surface area contributed by atoms with Crippen molar-refractivity contribution >= 4 is 21.9 Å². The zero-order valence-electron chi connectivity index (χ0n) is 9.69. The van der Waals surface area contributed by atoms with Crippen LogP contribution in [0, 0.1) is 6.92 Å². The maximum Gasteiger partial charge on any atom is 0.225 e. The Morgan fingerprint density at radius 3 is 2.75 bits per heavy atom. The second-order valence-corrected chi connectivity index (χ2v) is 5.06. The summed E-state index contributed by atoms with van der Waals surface area (Å²) < 4.78 is 0. The molecule has 0 radical (unpaired) electrons. The van der Waals surface area contributed by atoms with Crippen LogP contribution in [0.3, 0.4) is 0 Å². The quantitative estimate of drug-likeness (QED) is 0.782. The zero-order chi connectivity index (χ0) is 11.4. The molecule has 0 saturated carbocycles. The van der Waals surface area contributed by atoms with Gasteiger partial charge in [0.05, 0.1) is 0 Å². The highest BCUT2D eigenvalue weighted by Crippen LogP contribution is 2.22. The summed E-state index contributed by atoms with van der Waals surface area (Å²) in [4.78, 5) is 11.2. The lowest BCUT2D eigenvalue weighted by atomic mass is 10.1. The molecule has 2 heterocycles. The predicted molar refractivity (Wildman–Crippen MR) is 70.2 cm³/mol. The molecule has 0 amide bonds. The first-order valence-corrected chi connectivity index (χ1v) is 7.04. The summed E-state index contributed by atoms with van der Waals surface area (Å²) in [5, 5.41) is 1.00. The molecule has 0 N–H and O–H groups in total. The second kappa shape index (κ2) is 5.62. The molecule has 1 aliphatic heterocycles. The summed E-state index contributed by atoms with van der Waals surface area (Å²) in [6.07, 6.45) is 8.94. The molecule has 0 aromatic carbocycles. The maximum absolute atomic E-state index is 4.44. The summed E-state index contributed by atoms with van der Waals surface area (Å²) in [7, 11) is 0. The first kappa shape index (κ1) is 11.8. The van der Waals surface area contributed by atoms with E-state index in [1.54, 1.807) is 0 Å². The fourth-order valence-electron chi connectivity index (χ4n) is 2.14. The first-order valence-electron chi connectivity index (χ1n) is 5.92. The number of hydrogen-bond acceptors (Lipinski definition) is 3. The molecule has 1 fully saturated rings. The van der Waals surface area contributed by atoms with E-state index in [-0.39, 0.29) is 0 Å². The summed E-state index contributed by atoms with van der Waals surface area (Å²) in [5.74, 6) is 0.886. The van der Waals surface area contributed by atoms with Gasteiger partial charge in [-0.2, -0.15) is 0 Å². The Labute approximate surface area is 105 Å². The number of alkyl halides is 1. The molecular weight excluding hydrogens is 266 g/mol. The second-order valence-electron chi connectivity index (χ2n) is 4.41. The van der Waals surface area contributed by atoms with Crippen molar-refractivity contribution in [2.75, 3.05) is 16.8 Å². The van der Waals surface area contributed by atoms with Crippen LogP contribution in [0.1, 0.15) is 31.2 Å². The molecule has 2 rings (SSSR count). The van der Waals surface area contributed by atoms with Crippen LogP contribution in [0.15, 0.2) is 12.4 Å². The van der Waals surface area contributed by atoms with E-state index in [0.29, 0.717) is 6.04 Å². The third-order valence-electron chi connectivity index (χ3n) is 3.08. The maximum atomic E-state index is 4.44. The highest BCUT2D eigenvalue weighted by Gasteiger charge is 2.21. The van der Waals surface area contributed by atoms with Gasteiger partial charge in [-0.1, -0.05) is 28.8 Å². The molecule has 0 spiro atoms. The average molecular weight is 284 g/mol. The standard InChI is InChI=1S/C12H18BrN3/c1-10-8-14-12(15-9-10)16-6-4-2-3-5-11(16)7-13/h8-9,11H,2-7H2,1H3. The molecule has 16 heavy (non-hydrogen) atoms. The van der Waals surface area contributed by atoms with Crippen LogP contribution in [-0.4, -0.2) is 27.9 Å². The number of hydrogen-bond donors (Lipinski definition) is 0. The van der Waals surface area contributed by atoms with Crippen LogP contribution in [0.2, 0.25) is 0 Å². The van der Waals surface area contributed by atoms with Crippen molar-refractivity contribution < 1.29 is 0 Å². The molecule has 0 bridgehead atoms. The molecule has 3 nitrogen and oxygen atoms in total. The van der Waals surface area contributed by atoms with Gasteiger partial charge in [-0.15, -0.1) is 0 Å². The summed E-state index contributed by atoms with van der Waals surface area (Å²) >= 11 is 3.60. The summed E-state index contributed by atoms with van der Waals surface area (Å²) in [6.45, 7) is 3.10. The highest BCUT2D eigenvalue weighted by atomic mass is 79.9. The lowest BCUT2D eigenvalue weighted by molar-refractivity contribution is 0.615. The van der Waals surface area contributed by atoms with Gasteiger partial charge in [-0.05, 0) is 25.3 Å². The molecule has 1 aliphatic rings. The number of aromatic nitrogens is 2. The highest BCUT2D eigenvalue weighted by molar-refractivity contribution is 9.09. The smallest absolute Gasteiger partial charge is 0.225 e. The SMILES string of the molecule is Cc1cnc(N2CCCCCC2CBr)nc1. The van der Waals surface area contributed by atoms with Gasteiger partial charge in [-0.25, -0.2) is 9.97 Å². The Kier molecular flexibility index (Phi) is 4.16. The van der Waals surface area contributed by atoms with Crippen LogP contribution in [0.25, 0.3) is 0 Å². The number of rotatable bonds is 2. The van der Waals surface area contributed by atoms with E-state index < -0.39 is 0 Å². The largest absolute Gasteiger partial charge is 0.337 e. The third kappa shape index (κ3) is 2.73. The van der Waals surface area contributed by atoms with Crippen LogP contribution >= 0.6 is 15.9 Å². The van der Waals surface area contributed by atoms with Crippen molar-refractivity contribution in [2.45, 2.75) is 38.6 Å². The van der Waals surface area contributed by atoms with Crippen molar-refractivity contribution in [3.63, 3.8) is 0 Å². The minimum atomic E-state index is 0.546. The molecule has 1 aromatic heterocycles. The minimum Gasteiger partial charge on any atom is -0.337 e. The predicted octanol–water partition coefficient (Wildman–Crippen LogP) is 2.93. The van der Waals surface area contributed by atoms with E-state index in [4.69, 9.17) is 0 Å². The molecule has 0 aliphatic carbocycles. The lowest BCUT2D eigenvalue weighted by Gasteiger charge is -2.28. The number of aryl methyl sites for hydroxylation is 1. The van der Waals surface area contributed by atoms with Gasteiger partial charge >= 0.3 is 0 Å². The van der Waals surface area contributed by atoms with E-state index in [9.17, 15) is 0 Å².